The van der Waals surface area contributed by atoms with Crippen LogP contribution in [0.3, 0.4) is 0 Å². The average molecular weight is 449 g/mol. The third-order valence-corrected chi connectivity index (χ3v) is 4.08. The Morgan fingerprint density at radius 3 is 2.59 bits per heavy atom. The van der Waals surface area contributed by atoms with Crippen LogP contribution < -0.4 is 10.6 Å². The molecule has 32 heavy (non-hydrogen) atoms. The second kappa shape index (κ2) is 9.20. The second-order valence-electron chi connectivity index (χ2n) is 7.79. The molecule has 0 fully saturated rings. The van der Waals surface area contributed by atoms with Crippen LogP contribution in [0.1, 0.15) is 38.3 Å². The Balaban J connectivity index is 1.86. The standard InChI is InChI=1S/C20H22F3N7O2/c1-20(2,3)32-19(31)24-9-11-5-6-12(15(21)14(11)16(22)23)17-25-10-26-18(28-17)27-13-7-8-30(4)29-13/h5-8,10,16H,9H2,1-4H3,(H,24,31)(H,25,26,27,28,29). The van der Waals surface area contributed by atoms with E-state index in [1.165, 1.54) is 12.1 Å². The van der Waals surface area contributed by atoms with Gasteiger partial charge in [-0.25, -0.2) is 27.9 Å². The zero-order valence-electron chi connectivity index (χ0n) is 17.9. The molecule has 0 aliphatic carbocycles. The summed E-state index contributed by atoms with van der Waals surface area (Å²) in [6.07, 6.45) is -1.10. The quantitative estimate of drug-likeness (QED) is 0.583. The summed E-state index contributed by atoms with van der Waals surface area (Å²) in [6, 6.07) is 4.23. The Kier molecular flexibility index (Phi) is 6.61. The molecule has 0 aliphatic rings. The molecule has 3 rings (SSSR count). The third-order valence-electron chi connectivity index (χ3n) is 4.08. The first-order valence-corrected chi connectivity index (χ1v) is 9.56. The highest BCUT2D eigenvalue weighted by Crippen LogP contribution is 2.32. The zero-order valence-corrected chi connectivity index (χ0v) is 17.9. The fourth-order valence-electron chi connectivity index (χ4n) is 2.76. The lowest BCUT2D eigenvalue weighted by molar-refractivity contribution is 0.0522. The molecular formula is C20H22F3N7O2. The van der Waals surface area contributed by atoms with E-state index in [4.69, 9.17) is 4.74 Å². The molecule has 1 amide bonds. The molecule has 0 saturated carbocycles. The number of aromatic nitrogens is 5. The third kappa shape index (κ3) is 5.71. The molecule has 0 spiro atoms. The molecule has 0 bridgehead atoms. The lowest BCUT2D eigenvalue weighted by Crippen LogP contribution is -2.32. The van der Waals surface area contributed by atoms with Crippen LogP contribution in [0.2, 0.25) is 0 Å². The van der Waals surface area contributed by atoms with Crippen LogP contribution >= 0.6 is 0 Å². The fraction of sp³-hybridized carbons (Fsp3) is 0.350. The normalized spacial score (nSPS) is 11.5. The van der Waals surface area contributed by atoms with Crippen molar-refractivity contribution in [3.05, 3.63) is 47.7 Å². The van der Waals surface area contributed by atoms with E-state index < -0.39 is 29.5 Å². The van der Waals surface area contributed by atoms with Crippen molar-refractivity contribution in [3.8, 4) is 11.4 Å². The first-order chi connectivity index (χ1) is 15.0. The minimum Gasteiger partial charge on any atom is -0.444 e. The maximum absolute atomic E-state index is 15.1. The number of benzene rings is 1. The second-order valence-corrected chi connectivity index (χ2v) is 7.79. The summed E-state index contributed by atoms with van der Waals surface area (Å²) < 4.78 is 49.1. The van der Waals surface area contributed by atoms with Crippen LogP contribution in [0.15, 0.2) is 30.7 Å². The van der Waals surface area contributed by atoms with E-state index >= 15 is 4.39 Å². The van der Waals surface area contributed by atoms with Gasteiger partial charge in [0.25, 0.3) is 6.43 Å². The number of halogens is 3. The van der Waals surface area contributed by atoms with Gasteiger partial charge in [0.15, 0.2) is 11.6 Å². The predicted molar refractivity (Wildman–Crippen MR) is 110 cm³/mol. The van der Waals surface area contributed by atoms with Gasteiger partial charge in [-0.3, -0.25) is 4.68 Å². The number of nitrogens with zero attached hydrogens (tertiary/aromatic N) is 5. The van der Waals surface area contributed by atoms with E-state index in [0.29, 0.717) is 5.82 Å². The van der Waals surface area contributed by atoms with E-state index in [-0.39, 0.29) is 29.4 Å². The van der Waals surface area contributed by atoms with Crippen molar-refractivity contribution < 1.29 is 22.7 Å². The molecule has 9 nitrogen and oxygen atoms in total. The molecule has 12 heteroatoms. The van der Waals surface area contributed by atoms with Crippen molar-refractivity contribution in [2.24, 2.45) is 7.05 Å². The highest BCUT2D eigenvalue weighted by molar-refractivity contribution is 5.68. The SMILES string of the molecule is Cn1ccc(Nc2ncnc(-c3ccc(CNC(=O)OC(C)(C)C)c(C(F)F)c3F)n2)n1. The summed E-state index contributed by atoms with van der Waals surface area (Å²) in [7, 11) is 1.73. The lowest BCUT2D eigenvalue weighted by atomic mass is 10.0. The van der Waals surface area contributed by atoms with Crippen molar-refractivity contribution in [1.82, 2.24) is 30.0 Å². The van der Waals surface area contributed by atoms with Crippen LogP contribution in [0.25, 0.3) is 11.4 Å². The molecule has 0 aliphatic heterocycles. The number of alkyl carbamates (subject to hydrolysis) is 1. The summed E-state index contributed by atoms with van der Waals surface area (Å²) in [4.78, 5) is 23.8. The first kappa shape index (κ1) is 23.0. The van der Waals surface area contributed by atoms with Gasteiger partial charge >= 0.3 is 6.09 Å². The predicted octanol–water partition coefficient (Wildman–Crippen LogP) is 4.12. The van der Waals surface area contributed by atoms with Gasteiger partial charge in [-0.05, 0) is 32.4 Å². The number of alkyl halides is 2. The average Bonchev–Trinajstić information content (AvgIpc) is 3.09. The van der Waals surface area contributed by atoms with Crippen LogP contribution in [-0.2, 0) is 18.3 Å². The number of nitrogens with one attached hydrogen (secondary N) is 2. The number of amides is 1. The topological polar surface area (TPSA) is 107 Å². The number of rotatable bonds is 6. The molecular weight excluding hydrogens is 427 g/mol. The van der Waals surface area contributed by atoms with Crippen LogP contribution in [0.4, 0.5) is 29.7 Å². The maximum Gasteiger partial charge on any atom is 0.407 e. The zero-order chi connectivity index (χ0) is 23.5. The first-order valence-electron chi connectivity index (χ1n) is 9.56. The maximum atomic E-state index is 15.1. The molecule has 0 unspecified atom stereocenters. The molecule has 0 saturated heterocycles. The van der Waals surface area contributed by atoms with E-state index in [2.05, 4.69) is 30.7 Å². The van der Waals surface area contributed by atoms with E-state index in [1.54, 1.807) is 44.8 Å². The number of anilines is 2. The van der Waals surface area contributed by atoms with Gasteiger partial charge in [0.2, 0.25) is 5.95 Å². The Labute approximate surface area is 182 Å². The van der Waals surface area contributed by atoms with Crippen molar-refractivity contribution in [3.63, 3.8) is 0 Å². The summed E-state index contributed by atoms with van der Waals surface area (Å²) in [5.74, 6) is -0.799. The number of hydrogen-bond donors (Lipinski definition) is 2. The number of carbonyl (C=O) groups excluding carboxylic acids is 1. The van der Waals surface area contributed by atoms with E-state index in [9.17, 15) is 13.6 Å². The molecule has 1 aromatic carbocycles. The minimum atomic E-state index is -3.13. The Hall–Kier alpha value is -3.70. The van der Waals surface area contributed by atoms with Crippen LogP contribution in [0.5, 0.6) is 0 Å². The van der Waals surface area contributed by atoms with Gasteiger partial charge in [-0.1, -0.05) is 6.07 Å². The summed E-state index contributed by atoms with van der Waals surface area (Å²) >= 11 is 0. The monoisotopic (exact) mass is 449 g/mol. The highest BCUT2D eigenvalue weighted by Gasteiger charge is 2.24. The van der Waals surface area contributed by atoms with Crippen molar-refractivity contribution in [2.75, 3.05) is 5.32 Å². The van der Waals surface area contributed by atoms with Gasteiger partial charge in [0.1, 0.15) is 17.7 Å². The van der Waals surface area contributed by atoms with Gasteiger partial charge in [0.05, 0.1) is 11.1 Å². The minimum absolute atomic E-state index is 0.0716. The largest absolute Gasteiger partial charge is 0.444 e. The summed E-state index contributed by atoms with van der Waals surface area (Å²) in [5.41, 5.74) is -1.93. The number of carbonyl (C=O) groups is 1. The highest BCUT2D eigenvalue weighted by atomic mass is 19.3. The summed E-state index contributed by atoms with van der Waals surface area (Å²) in [5, 5.41) is 9.30. The van der Waals surface area contributed by atoms with Gasteiger partial charge in [0, 0.05) is 25.9 Å². The van der Waals surface area contributed by atoms with E-state index in [0.717, 1.165) is 6.33 Å². The molecule has 2 N–H and O–H groups in total. The van der Waals surface area contributed by atoms with Gasteiger partial charge in [-0.15, -0.1) is 0 Å². The van der Waals surface area contributed by atoms with Crippen molar-refractivity contribution in [2.45, 2.75) is 39.3 Å². The molecule has 2 aromatic heterocycles. The molecule has 3 aromatic rings. The van der Waals surface area contributed by atoms with Gasteiger partial charge in [-0.2, -0.15) is 10.1 Å². The van der Waals surface area contributed by atoms with Crippen LogP contribution in [-0.4, -0.2) is 36.4 Å². The Morgan fingerprint density at radius 2 is 1.97 bits per heavy atom. The molecule has 170 valence electrons. The number of hydrogen-bond acceptors (Lipinski definition) is 7. The Morgan fingerprint density at radius 1 is 1.22 bits per heavy atom. The number of aryl methyl sites for hydroxylation is 1. The lowest BCUT2D eigenvalue weighted by Gasteiger charge is -2.20. The smallest absolute Gasteiger partial charge is 0.407 e. The molecule has 0 atom stereocenters. The fourth-order valence-corrected chi connectivity index (χ4v) is 2.76. The van der Waals surface area contributed by atoms with Crippen molar-refractivity contribution in [1.29, 1.82) is 0 Å². The van der Waals surface area contributed by atoms with Crippen molar-refractivity contribution >= 4 is 17.9 Å². The molecule has 2 heterocycles. The van der Waals surface area contributed by atoms with E-state index in [1.807, 2.05) is 0 Å². The Bertz CT molecular complexity index is 1110. The van der Waals surface area contributed by atoms with Crippen LogP contribution in [0, 0.1) is 5.82 Å². The van der Waals surface area contributed by atoms with Gasteiger partial charge < -0.3 is 15.4 Å². The summed E-state index contributed by atoms with van der Waals surface area (Å²) in [6.45, 7) is 4.65. The molecule has 0 radical (unpaired) electrons. The number of ether oxygens (including phenoxy) is 1.